The minimum atomic E-state index is -4.83. The molecule has 1 aliphatic rings. The maximum absolute atomic E-state index is 12.8. The molecule has 2 atom stereocenters. The van der Waals surface area contributed by atoms with E-state index in [0.29, 0.717) is 4.90 Å². The molecular formula is C12H9F3O4S. The van der Waals surface area contributed by atoms with E-state index in [4.69, 9.17) is 9.84 Å². The lowest BCUT2D eigenvalue weighted by atomic mass is 10.0. The lowest BCUT2D eigenvalue weighted by Crippen LogP contribution is -2.40. The highest BCUT2D eigenvalue weighted by Gasteiger charge is 2.48. The monoisotopic (exact) mass is 306 g/mol. The van der Waals surface area contributed by atoms with Crippen LogP contribution in [0.15, 0.2) is 28.7 Å². The van der Waals surface area contributed by atoms with Crippen molar-refractivity contribution in [1.82, 2.24) is 0 Å². The Morgan fingerprint density at radius 1 is 1.45 bits per heavy atom. The average Bonchev–Trinajstić information content (AvgIpc) is 2.35. The van der Waals surface area contributed by atoms with Gasteiger partial charge in [0.2, 0.25) is 6.10 Å². The molecule has 8 heteroatoms. The maximum Gasteiger partial charge on any atom is 0.430 e. The van der Waals surface area contributed by atoms with E-state index in [1.165, 1.54) is 24.5 Å². The quantitative estimate of drug-likeness (QED) is 0.851. The van der Waals surface area contributed by atoms with Gasteiger partial charge in [0, 0.05) is 11.6 Å². The van der Waals surface area contributed by atoms with Gasteiger partial charge in [-0.2, -0.15) is 13.2 Å². The summed E-state index contributed by atoms with van der Waals surface area (Å²) in [7, 11) is 0. The predicted octanol–water partition coefficient (Wildman–Crippen LogP) is 2.22. The molecule has 1 heterocycles. The number of carbonyl (C=O) groups is 1. The first-order valence-corrected chi connectivity index (χ1v) is 6.91. The molecule has 0 saturated carbocycles. The van der Waals surface area contributed by atoms with Crippen LogP contribution in [0.1, 0.15) is 5.56 Å². The number of aliphatic carboxylic acids is 1. The SMILES string of the molecule is C[S+]([O-])c1ccc2c(c1)C=C(C(=O)O)C(C(F)(F)F)O2. The van der Waals surface area contributed by atoms with E-state index in [2.05, 4.69) is 0 Å². The summed E-state index contributed by atoms with van der Waals surface area (Å²) in [5, 5.41) is 8.87. The average molecular weight is 306 g/mol. The van der Waals surface area contributed by atoms with Crippen LogP contribution in [-0.4, -0.2) is 34.2 Å². The molecule has 1 aromatic carbocycles. The Morgan fingerprint density at radius 2 is 2.10 bits per heavy atom. The molecule has 0 bridgehead atoms. The van der Waals surface area contributed by atoms with Gasteiger partial charge in [-0.05, 0) is 29.4 Å². The molecule has 2 rings (SSSR count). The van der Waals surface area contributed by atoms with Gasteiger partial charge in [0.25, 0.3) is 0 Å². The second kappa shape index (κ2) is 5.02. The fourth-order valence-electron chi connectivity index (χ4n) is 1.78. The summed E-state index contributed by atoms with van der Waals surface area (Å²) in [6.07, 6.45) is -5.03. The molecule has 0 radical (unpaired) electrons. The van der Waals surface area contributed by atoms with Gasteiger partial charge in [-0.15, -0.1) is 0 Å². The van der Waals surface area contributed by atoms with Crippen LogP contribution in [0.3, 0.4) is 0 Å². The Morgan fingerprint density at radius 3 is 2.60 bits per heavy atom. The maximum atomic E-state index is 12.8. The molecular weight excluding hydrogens is 297 g/mol. The van der Waals surface area contributed by atoms with Crippen LogP contribution in [0, 0.1) is 0 Å². The number of hydrogen-bond acceptors (Lipinski definition) is 3. The van der Waals surface area contributed by atoms with Crippen molar-refractivity contribution in [3.63, 3.8) is 0 Å². The highest BCUT2D eigenvalue weighted by atomic mass is 32.2. The summed E-state index contributed by atoms with van der Waals surface area (Å²) in [5.41, 5.74) is -0.736. The molecule has 0 saturated heterocycles. The van der Waals surface area contributed by atoms with E-state index in [-0.39, 0.29) is 11.3 Å². The van der Waals surface area contributed by atoms with Crippen molar-refractivity contribution in [2.45, 2.75) is 17.2 Å². The Kier molecular flexibility index (Phi) is 3.70. The first kappa shape index (κ1) is 14.7. The normalized spacial score (nSPS) is 19.6. The first-order chi connectivity index (χ1) is 9.20. The molecule has 4 nitrogen and oxygen atoms in total. The zero-order valence-corrected chi connectivity index (χ0v) is 10.9. The number of carboxylic acid groups (broad SMARTS) is 1. The highest BCUT2D eigenvalue weighted by molar-refractivity contribution is 7.90. The Labute approximate surface area is 115 Å². The molecule has 0 aliphatic carbocycles. The third kappa shape index (κ3) is 2.75. The first-order valence-electron chi connectivity index (χ1n) is 5.36. The van der Waals surface area contributed by atoms with E-state index in [9.17, 15) is 22.5 Å². The van der Waals surface area contributed by atoms with Gasteiger partial charge in [0.15, 0.2) is 4.90 Å². The zero-order valence-electron chi connectivity index (χ0n) is 10.1. The smallest absolute Gasteiger partial charge is 0.430 e. The van der Waals surface area contributed by atoms with Crippen molar-refractivity contribution in [3.05, 3.63) is 29.3 Å². The molecule has 1 aromatic rings. The van der Waals surface area contributed by atoms with E-state index >= 15 is 0 Å². The third-order valence-electron chi connectivity index (χ3n) is 2.70. The molecule has 0 fully saturated rings. The van der Waals surface area contributed by atoms with Crippen molar-refractivity contribution < 1.29 is 32.4 Å². The summed E-state index contributed by atoms with van der Waals surface area (Å²) in [6.45, 7) is 0. The number of alkyl halides is 3. The van der Waals surface area contributed by atoms with E-state index in [1.807, 2.05) is 0 Å². The van der Waals surface area contributed by atoms with Gasteiger partial charge in [0.05, 0.1) is 5.57 Å². The summed E-state index contributed by atoms with van der Waals surface area (Å²) in [6, 6.07) is 3.98. The van der Waals surface area contributed by atoms with Crippen LogP contribution >= 0.6 is 0 Å². The molecule has 1 N–H and O–H groups in total. The van der Waals surface area contributed by atoms with Gasteiger partial charge in [-0.25, -0.2) is 4.79 Å². The van der Waals surface area contributed by atoms with Crippen LogP contribution in [0.25, 0.3) is 6.08 Å². The van der Waals surface area contributed by atoms with Gasteiger partial charge in [0.1, 0.15) is 12.0 Å². The molecule has 0 aromatic heterocycles. The molecule has 0 spiro atoms. The van der Waals surface area contributed by atoms with Gasteiger partial charge in [-0.3, -0.25) is 0 Å². The molecule has 0 amide bonds. The molecule has 2 unspecified atom stereocenters. The van der Waals surface area contributed by atoms with Gasteiger partial charge >= 0.3 is 12.1 Å². The van der Waals surface area contributed by atoms with Crippen molar-refractivity contribution in [2.24, 2.45) is 0 Å². The fourth-order valence-corrected chi connectivity index (χ4v) is 2.33. The molecule has 20 heavy (non-hydrogen) atoms. The highest BCUT2D eigenvalue weighted by Crippen LogP contribution is 2.37. The fraction of sp³-hybridized carbons (Fsp3) is 0.250. The summed E-state index contributed by atoms with van der Waals surface area (Å²) < 4.78 is 54.4. The van der Waals surface area contributed by atoms with Crippen LogP contribution in [0.2, 0.25) is 0 Å². The summed E-state index contributed by atoms with van der Waals surface area (Å²) in [5.74, 6) is -1.80. The summed E-state index contributed by atoms with van der Waals surface area (Å²) >= 11 is -1.33. The number of ether oxygens (including phenoxy) is 1. The lowest BCUT2D eigenvalue weighted by molar-refractivity contribution is -0.187. The topological polar surface area (TPSA) is 69.6 Å². The van der Waals surface area contributed by atoms with Crippen LogP contribution in [-0.2, 0) is 16.0 Å². The van der Waals surface area contributed by atoms with Crippen molar-refractivity contribution in [1.29, 1.82) is 0 Å². The number of hydrogen-bond donors (Lipinski definition) is 1. The Hall–Kier alpha value is -1.67. The number of halogens is 3. The Balaban J connectivity index is 2.51. The number of benzene rings is 1. The van der Waals surface area contributed by atoms with E-state index in [0.717, 1.165) is 6.08 Å². The van der Waals surface area contributed by atoms with Crippen LogP contribution in [0.4, 0.5) is 13.2 Å². The van der Waals surface area contributed by atoms with Crippen molar-refractivity contribution >= 4 is 23.2 Å². The van der Waals surface area contributed by atoms with Crippen molar-refractivity contribution in [2.75, 3.05) is 6.26 Å². The minimum Gasteiger partial charge on any atom is -0.612 e. The summed E-state index contributed by atoms with van der Waals surface area (Å²) in [4.78, 5) is 11.3. The largest absolute Gasteiger partial charge is 0.612 e. The second-order valence-corrected chi connectivity index (χ2v) is 5.48. The van der Waals surface area contributed by atoms with E-state index < -0.39 is 35.0 Å². The number of rotatable bonds is 2. The Bertz CT molecular complexity index is 581. The van der Waals surface area contributed by atoms with Crippen molar-refractivity contribution in [3.8, 4) is 5.75 Å². The molecule has 108 valence electrons. The van der Waals surface area contributed by atoms with Gasteiger partial charge in [-0.1, -0.05) is 0 Å². The lowest BCUT2D eigenvalue weighted by Gasteiger charge is -2.27. The zero-order chi connectivity index (χ0) is 15.1. The molecule has 1 aliphatic heterocycles. The van der Waals surface area contributed by atoms with Crippen LogP contribution in [0.5, 0.6) is 5.75 Å². The van der Waals surface area contributed by atoms with Crippen LogP contribution < -0.4 is 4.74 Å². The minimum absolute atomic E-state index is 0.0912. The number of fused-ring (bicyclic) bond motifs is 1. The standard InChI is InChI=1S/C12H9F3O4S/c1-20(18)7-2-3-9-6(4-7)5-8(11(16)17)10(19-9)12(13,14)15/h2-5,10H,1H3,(H,16,17). The second-order valence-electron chi connectivity index (χ2n) is 4.10. The van der Waals surface area contributed by atoms with E-state index in [1.54, 1.807) is 0 Å². The van der Waals surface area contributed by atoms with Gasteiger partial charge < -0.3 is 14.4 Å². The third-order valence-corrected chi connectivity index (χ3v) is 3.61. The predicted molar refractivity (Wildman–Crippen MR) is 64.9 cm³/mol. The number of carboxylic acids is 1.